The first kappa shape index (κ1) is 14.9. The summed E-state index contributed by atoms with van der Waals surface area (Å²) in [7, 11) is 1.64. The van der Waals surface area contributed by atoms with Gasteiger partial charge in [-0.15, -0.1) is 11.3 Å². The van der Waals surface area contributed by atoms with E-state index in [2.05, 4.69) is 21.7 Å². The Kier molecular flexibility index (Phi) is 5.91. The van der Waals surface area contributed by atoms with Gasteiger partial charge < -0.3 is 15.4 Å². The zero-order valence-corrected chi connectivity index (χ0v) is 12.3. The van der Waals surface area contributed by atoms with E-state index in [1.165, 1.54) is 4.70 Å². The highest BCUT2D eigenvalue weighted by Crippen LogP contribution is 2.21. The van der Waals surface area contributed by atoms with Gasteiger partial charge in [0, 0.05) is 26.6 Å². The molecule has 1 amide bonds. The van der Waals surface area contributed by atoms with Crippen LogP contribution in [0.25, 0.3) is 10.2 Å². The number of amides is 1. The number of carbonyl (C=O) groups excluding carboxylic acids is 1. The van der Waals surface area contributed by atoms with E-state index in [4.69, 9.17) is 4.74 Å². The molecule has 0 fully saturated rings. The highest BCUT2D eigenvalue weighted by Gasteiger charge is 2.04. The molecular weight excluding hydrogens is 274 g/mol. The van der Waals surface area contributed by atoms with Crippen molar-refractivity contribution < 1.29 is 9.53 Å². The molecule has 0 unspecified atom stereocenters. The van der Waals surface area contributed by atoms with Crippen molar-refractivity contribution in [2.75, 3.05) is 33.4 Å². The average Bonchev–Trinajstić information content (AvgIpc) is 2.86. The lowest BCUT2D eigenvalue weighted by Gasteiger charge is -2.05. The fourth-order valence-electron chi connectivity index (χ4n) is 1.77. The van der Waals surface area contributed by atoms with Gasteiger partial charge in [0.2, 0.25) is 5.91 Å². The van der Waals surface area contributed by atoms with E-state index < -0.39 is 0 Å². The minimum Gasteiger partial charge on any atom is -0.383 e. The minimum absolute atomic E-state index is 0.00205. The largest absolute Gasteiger partial charge is 0.383 e. The maximum Gasteiger partial charge on any atom is 0.233 e. The lowest BCUT2D eigenvalue weighted by molar-refractivity contribution is -0.120. The summed E-state index contributed by atoms with van der Waals surface area (Å²) in [5, 5.41) is 6.94. The zero-order chi connectivity index (χ0) is 14.2. The summed E-state index contributed by atoms with van der Waals surface area (Å²) in [5.41, 5.74) is 1.03. The van der Waals surface area contributed by atoms with Crippen molar-refractivity contribution >= 4 is 27.5 Å². The Morgan fingerprint density at radius 1 is 1.35 bits per heavy atom. The first-order chi connectivity index (χ1) is 9.79. The molecule has 108 valence electrons. The van der Waals surface area contributed by atoms with Gasteiger partial charge in [-0.3, -0.25) is 4.79 Å². The lowest BCUT2D eigenvalue weighted by Crippen LogP contribution is -2.36. The summed E-state index contributed by atoms with van der Waals surface area (Å²) in [6.07, 6.45) is 0.767. The fourth-order valence-corrected chi connectivity index (χ4v) is 2.74. The molecule has 5 nitrogen and oxygen atoms in total. The molecule has 1 aromatic heterocycles. The van der Waals surface area contributed by atoms with Gasteiger partial charge in [-0.1, -0.05) is 12.1 Å². The molecule has 6 heteroatoms. The van der Waals surface area contributed by atoms with Crippen molar-refractivity contribution in [3.8, 4) is 0 Å². The van der Waals surface area contributed by atoms with Crippen molar-refractivity contribution in [2.45, 2.75) is 6.42 Å². The van der Waals surface area contributed by atoms with Gasteiger partial charge in [-0.05, 0) is 12.1 Å². The van der Waals surface area contributed by atoms with E-state index in [9.17, 15) is 4.79 Å². The van der Waals surface area contributed by atoms with E-state index in [0.29, 0.717) is 26.2 Å². The molecule has 0 saturated carbocycles. The molecule has 0 spiro atoms. The van der Waals surface area contributed by atoms with E-state index in [-0.39, 0.29) is 5.91 Å². The summed E-state index contributed by atoms with van der Waals surface area (Å²) in [6.45, 7) is 2.23. The van der Waals surface area contributed by atoms with Gasteiger partial charge >= 0.3 is 0 Å². The number of nitrogens with one attached hydrogen (secondary N) is 2. The standard InChI is InChI=1S/C14H19N3O2S/c1-19-9-8-15-10-13(18)16-7-6-14-17-11-4-2-3-5-12(11)20-14/h2-5,15H,6-10H2,1H3,(H,16,18). The predicted octanol–water partition coefficient (Wildman–Crippen LogP) is 1.19. The molecule has 0 aliphatic heterocycles. The zero-order valence-electron chi connectivity index (χ0n) is 11.5. The first-order valence-electron chi connectivity index (χ1n) is 6.60. The number of hydrogen-bond acceptors (Lipinski definition) is 5. The lowest BCUT2D eigenvalue weighted by atomic mass is 10.3. The third-order valence-corrected chi connectivity index (χ3v) is 3.86. The maximum absolute atomic E-state index is 11.5. The highest BCUT2D eigenvalue weighted by molar-refractivity contribution is 7.18. The van der Waals surface area contributed by atoms with E-state index in [1.807, 2.05) is 18.2 Å². The van der Waals surface area contributed by atoms with Crippen LogP contribution < -0.4 is 10.6 Å². The van der Waals surface area contributed by atoms with Gasteiger partial charge in [0.1, 0.15) is 0 Å². The summed E-state index contributed by atoms with van der Waals surface area (Å²) < 4.78 is 6.08. The molecule has 0 atom stereocenters. The summed E-state index contributed by atoms with van der Waals surface area (Å²) >= 11 is 1.68. The third kappa shape index (κ3) is 4.56. The summed E-state index contributed by atoms with van der Waals surface area (Å²) in [4.78, 5) is 16.1. The smallest absolute Gasteiger partial charge is 0.233 e. The molecule has 0 aliphatic rings. The van der Waals surface area contributed by atoms with Crippen molar-refractivity contribution in [2.24, 2.45) is 0 Å². The fraction of sp³-hybridized carbons (Fsp3) is 0.429. The van der Waals surface area contributed by atoms with Crippen molar-refractivity contribution in [1.29, 1.82) is 0 Å². The molecule has 20 heavy (non-hydrogen) atoms. The van der Waals surface area contributed by atoms with Gasteiger partial charge in [0.25, 0.3) is 0 Å². The van der Waals surface area contributed by atoms with E-state index >= 15 is 0 Å². The number of carbonyl (C=O) groups is 1. The molecule has 0 aliphatic carbocycles. The quantitative estimate of drug-likeness (QED) is 0.718. The van der Waals surface area contributed by atoms with Crippen LogP contribution in [-0.4, -0.2) is 44.2 Å². The second-order valence-electron chi connectivity index (χ2n) is 4.34. The number of hydrogen-bond donors (Lipinski definition) is 2. The number of nitrogens with zero attached hydrogens (tertiary/aromatic N) is 1. The number of rotatable bonds is 8. The van der Waals surface area contributed by atoms with Gasteiger partial charge in [0.05, 0.1) is 28.4 Å². The number of para-hydroxylation sites is 1. The second kappa shape index (κ2) is 7.94. The van der Waals surface area contributed by atoms with Crippen LogP contribution in [0.1, 0.15) is 5.01 Å². The number of benzene rings is 1. The first-order valence-corrected chi connectivity index (χ1v) is 7.42. The monoisotopic (exact) mass is 293 g/mol. The summed E-state index contributed by atoms with van der Waals surface area (Å²) in [6, 6.07) is 8.07. The normalized spacial score (nSPS) is 10.8. The Bertz CT molecular complexity index is 523. The number of ether oxygens (including phenoxy) is 1. The third-order valence-electron chi connectivity index (χ3n) is 2.77. The molecule has 0 bridgehead atoms. The average molecular weight is 293 g/mol. The van der Waals surface area contributed by atoms with Gasteiger partial charge in [-0.2, -0.15) is 0 Å². The van der Waals surface area contributed by atoms with Crippen molar-refractivity contribution in [1.82, 2.24) is 15.6 Å². The molecule has 2 N–H and O–H groups in total. The maximum atomic E-state index is 11.5. The van der Waals surface area contributed by atoms with Gasteiger partial charge in [0.15, 0.2) is 0 Å². The SMILES string of the molecule is COCCNCC(=O)NCCc1nc2ccccc2s1. The van der Waals surface area contributed by atoms with Crippen molar-refractivity contribution in [3.05, 3.63) is 29.3 Å². The molecule has 0 saturated heterocycles. The topological polar surface area (TPSA) is 63.2 Å². The van der Waals surface area contributed by atoms with Gasteiger partial charge in [-0.25, -0.2) is 4.98 Å². The number of aromatic nitrogens is 1. The molecule has 1 aromatic carbocycles. The number of fused-ring (bicyclic) bond motifs is 1. The van der Waals surface area contributed by atoms with E-state index in [1.54, 1.807) is 18.4 Å². The molecule has 2 rings (SSSR count). The highest BCUT2D eigenvalue weighted by atomic mass is 32.1. The number of thiazole rings is 1. The predicted molar refractivity (Wildman–Crippen MR) is 81.1 cm³/mol. The molecule has 2 aromatic rings. The molecular formula is C14H19N3O2S. The Balaban J connectivity index is 1.68. The van der Waals surface area contributed by atoms with Crippen LogP contribution in [0.2, 0.25) is 0 Å². The van der Waals surface area contributed by atoms with Crippen LogP contribution in [0.3, 0.4) is 0 Å². The molecule has 1 heterocycles. The van der Waals surface area contributed by atoms with Crippen LogP contribution in [0.4, 0.5) is 0 Å². The molecule has 0 radical (unpaired) electrons. The van der Waals surface area contributed by atoms with Crippen LogP contribution in [-0.2, 0) is 16.0 Å². The Hall–Kier alpha value is -1.50. The Labute approximate surface area is 122 Å². The minimum atomic E-state index is 0.00205. The number of methoxy groups -OCH3 is 1. The second-order valence-corrected chi connectivity index (χ2v) is 5.46. The van der Waals surface area contributed by atoms with Crippen LogP contribution >= 0.6 is 11.3 Å². The van der Waals surface area contributed by atoms with E-state index in [0.717, 1.165) is 16.9 Å². The Morgan fingerprint density at radius 2 is 2.20 bits per heavy atom. The van der Waals surface area contributed by atoms with Crippen LogP contribution in [0.5, 0.6) is 0 Å². The van der Waals surface area contributed by atoms with Crippen LogP contribution in [0.15, 0.2) is 24.3 Å². The van der Waals surface area contributed by atoms with Crippen LogP contribution in [0, 0.1) is 0 Å². The summed E-state index contributed by atoms with van der Waals surface area (Å²) in [5.74, 6) is 0.00205. The Morgan fingerprint density at radius 3 is 3.00 bits per heavy atom. The van der Waals surface area contributed by atoms with Crippen molar-refractivity contribution in [3.63, 3.8) is 0 Å².